The van der Waals surface area contributed by atoms with Gasteiger partial charge in [-0.3, -0.25) is 4.79 Å². The first-order valence-corrected chi connectivity index (χ1v) is 14.6. The van der Waals surface area contributed by atoms with Gasteiger partial charge in [-0.2, -0.15) is 0 Å². The average molecular weight is 598 g/mol. The van der Waals surface area contributed by atoms with Crippen molar-refractivity contribution < 1.29 is 52.7 Å². The molecule has 1 rings (SSSR count). The highest BCUT2D eigenvalue weighted by atomic mass is 16.7. The Morgan fingerprint density at radius 3 is 1.83 bits per heavy atom. The summed E-state index contributed by atoms with van der Waals surface area (Å²) in [4.78, 5) is 48.6. The van der Waals surface area contributed by atoms with Crippen molar-refractivity contribution in [3.05, 3.63) is 23.8 Å². The lowest BCUT2D eigenvalue weighted by atomic mass is 9.82. The quantitative estimate of drug-likeness (QED) is 0.0776. The molecule has 0 saturated heterocycles. The number of unbranched alkanes of at least 4 members (excludes halogenated alkanes) is 4. The Labute approximate surface area is 248 Å². The van der Waals surface area contributed by atoms with Crippen LogP contribution in [0.1, 0.15) is 91.0 Å². The largest absolute Gasteiger partial charge is 0.513 e. The van der Waals surface area contributed by atoms with Gasteiger partial charge in [0.25, 0.3) is 0 Å². The predicted molar refractivity (Wildman–Crippen MR) is 154 cm³/mol. The molecule has 0 bridgehead atoms. The Hall–Kier alpha value is -3.54. The average Bonchev–Trinajstić information content (AvgIpc) is 2.93. The van der Waals surface area contributed by atoms with Crippen molar-refractivity contribution in [2.24, 2.45) is 17.6 Å². The van der Waals surface area contributed by atoms with Gasteiger partial charge < -0.3 is 39.3 Å². The second-order valence-corrected chi connectivity index (χ2v) is 10.5. The third-order valence-electron chi connectivity index (χ3n) is 6.34. The minimum Gasteiger partial charge on any atom is -0.480 e. The van der Waals surface area contributed by atoms with E-state index in [-0.39, 0.29) is 37.9 Å². The zero-order chi connectivity index (χ0) is 31.5. The van der Waals surface area contributed by atoms with Gasteiger partial charge in [-0.05, 0) is 48.8 Å². The van der Waals surface area contributed by atoms with Gasteiger partial charge in [-0.1, -0.05) is 66.4 Å². The van der Waals surface area contributed by atoms with Gasteiger partial charge in [0, 0.05) is 5.92 Å². The smallest absolute Gasteiger partial charge is 0.480 e. The molecular formula is C30H47NO11. The molecule has 1 aromatic rings. The van der Waals surface area contributed by atoms with Crippen LogP contribution in [0.4, 0.5) is 14.4 Å². The lowest BCUT2D eigenvalue weighted by Gasteiger charge is -2.27. The summed E-state index contributed by atoms with van der Waals surface area (Å²) in [5.74, 6) is -2.77. The second-order valence-electron chi connectivity index (χ2n) is 10.5. The van der Waals surface area contributed by atoms with Gasteiger partial charge in [0.1, 0.15) is 6.04 Å². The van der Waals surface area contributed by atoms with Gasteiger partial charge in [-0.25, -0.2) is 14.4 Å². The normalized spacial score (nSPS) is 13.0. The first-order valence-electron chi connectivity index (χ1n) is 14.6. The van der Waals surface area contributed by atoms with E-state index >= 15 is 0 Å². The van der Waals surface area contributed by atoms with Crippen LogP contribution in [0.5, 0.6) is 11.5 Å². The minimum atomic E-state index is -1.41. The Balaban J connectivity index is 3.18. The van der Waals surface area contributed by atoms with Crippen molar-refractivity contribution in [2.75, 3.05) is 26.4 Å². The Morgan fingerprint density at radius 1 is 0.762 bits per heavy atom. The SMILES string of the molecule is CCCCCOC(=O)Oc1ccc(C(C(C)COC(=O)OCCC(C)C)[C@H](N)C(=O)O)cc1OC(=O)OCCCCC. The fourth-order valence-electron chi connectivity index (χ4n) is 3.92. The van der Waals surface area contributed by atoms with Gasteiger partial charge >= 0.3 is 24.4 Å². The van der Waals surface area contributed by atoms with Crippen molar-refractivity contribution >= 4 is 24.4 Å². The third-order valence-corrected chi connectivity index (χ3v) is 6.34. The van der Waals surface area contributed by atoms with Crippen molar-refractivity contribution in [2.45, 2.75) is 91.5 Å². The van der Waals surface area contributed by atoms with Gasteiger partial charge in [0.2, 0.25) is 0 Å². The number of ether oxygens (including phenoxy) is 6. The molecular weight excluding hydrogens is 550 g/mol. The van der Waals surface area contributed by atoms with Crippen LogP contribution in [0.2, 0.25) is 0 Å². The molecule has 0 aromatic heterocycles. The summed E-state index contributed by atoms with van der Waals surface area (Å²) >= 11 is 0. The third kappa shape index (κ3) is 14.4. The molecule has 0 aliphatic rings. The molecule has 12 nitrogen and oxygen atoms in total. The van der Waals surface area contributed by atoms with Crippen LogP contribution in [0.15, 0.2) is 18.2 Å². The topological polar surface area (TPSA) is 170 Å². The summed E-state index contributed by atoms with van der Waals surface area (Å²) in [6.07, 6.45) is 2.71. The summed E-state index contributed by atoms with van der Waals surface area (Å²) in [5.41, 5.74) is 6.39. The van der Waals surface area contributed by atoms with Crippen molar-refractivity contribution in [3.63, 3.8) is 0 Å². The van der Waals surface area contributed by atoms with Crippen LogP contribution in [0, 0.1) is 11.8 Å². The molecule has 238 valence electrons. The molecule has 2 unspecified atom stereocenters. The van der Waals surface area contributed by atoms with Crippen molar-refractivity contribution in [1.29, 1.82) is 0 Å². The van der Waals surface area contributed by atoms with E-state index in [1.807, 2.05) is 27.7 Å². The van der Waals surface area contributed by atoms with Gasteiger partial charge in [0.05, 0.1) is 26.4 Å². The van der Waals surface area contributed by atoms with Crippen molar-refractivity contribution in [3.8, 4) is 11.5 Å². The molecule has 12 heteroatoms. The fourth-order valence-corrected chi connectivity index (χ4v) is 3.92. The number of rotatable bonds is 19. The first kappa shape index (κ1) is 36.5. The van der Waals surface area contributed by atoms with Crippen LogP contribution < -0.4 is 15.2 Å². The Bertz CT molecular complexity index is 982. The Kier molecular flexibility index (Phi) is 17.7. The molecule has 42 heavy (non-hydrogen) atoms. The standard InChI is InChI=1S/C30H47NO11/c1-6-8-10-15-37-29(35)41-23-13-12-22(18-24(23)42-30(36)38-16-11-9-7-2)25(26(31)27(32)33)21(5)19-40-28(34)39-17-14-20(3)4/h12-13,18,20-21,25-26H,6-11,14-17,19,31H2,1-5H3,(H,32,33)/t21?,25?,26-/m0/s1. The van der Waals surface area contributed by atoms with E-state index in [9.17, 15) is 24.3 Å². The number of benzene rings is 1. The molecule has 3 atom stereocenters. The number of carboxylic acid groups (broad SMARTS) is 1. The highest BCUT2D eigenvalue weighted by Crippen LogP contribution is 2.36. The molecule has 3 N–H and O–H groups in total. The van der Waals surface area contributed by atoms with E-state index in [4.69, 9.17) is 34.2 Å². The maximum atomic E-state index is 12.4. The van der Waals surface area contributed by atoms with Crippen LogP contribution in [-0.2, 0) is 23.7 Å². The molecule has 0 saturated carbocycles. The number of hydrogen-bond acceptors (Lipinski definition) is 11. The number of carboxylic acids is 1. The zero-order valence-corrected chi connectivity index (χ0v) is 25.4. The van der Waals surface area contributed by atoms with E-state index in [0.717, 1.165) is 25.7 Å². The van der Waals surface area contributed by atoms with E-state index in [2.05, 4.69) is 0 Å². The molecule has 0 radical (unpaired) electrons. The number of carbonyl (C=O) groups excluding carboxylic acids is 3. The molecule has 0 amide bonds. The molecule has 0 aliphatic carbocycles. The number of hydrogen-bond donors (Lipinski definition) is 2. The van der Waals surface area contributed by atoms with E-state index in [1.165, 1.54) is 18.2 Å². The molecule has 0 heterocycles. The van der Waals surface area contributed by atoms with E-state index < -0.39 is 42.3 Å². The summed E-state index contributed by atoms with van der Waals surface area (Å²) in [6.45, 7) is 9.97. The highest BCUT2D eigenvalue weighted by Gasteiger charge is 2.33. The van der Waals surface area contributed by atoms with E-state index in [1.54, 1.807) is 6.92 Å². The summed E-state index contributed by atoms with van der Waals surface area (Å²) < 4.78 is 31.1. The van der Waals surface area contributed by atoms with Crippen molar-refractivity contribution in [1.82, 2.24) is 0 Å². The lowest BCUT2D eigenvalue weighted by Crippen LogP contribution is -2.40. The minimum absolute atomic E-state index is 0.134. The Morgan fingerprint density at radius 2 is 1.31 bits per heavy atom. The maximum Gasteiger partial charge on any atom is 0.513 e. The summed E-state index contributed by atoms with van der Waals surface area (Å²) in [7, 11) is 0. The van der Waals surface area contributed by atoms with Gasteiger partial charge in [-0.15, -0.1) is 0 Å². The lowest BCUT2D eigenvalue weighted by molar-refractivity contribution is -0.139. The zero-order valence-electron chi connectivity index (χ0n) is 25.4. The molecule has 0 fully saturated rings. The summed E-state index contributed by atoms with van der Waals surface area (Å²) in [6, 6.07) is 2.77. The maximum absolute atomic E-state index is 12.4. The first-order chi connectivity index (χ1) is 20.0. The van der Waals surface area contributed by atoms with Crippen LogP contribution in [-0.4, -0.2) is 62.0 Å². The summed E-state index contributed by atoms with van der Waals surface area (Å²) in [5, 5.41) is 9.71. The second kappa shape index (κ2) is 20.4. The number of aliphatic carboxylic acids is 1. The predicted octanol–water partition coefficient (Wildman–Crippen LogP) is 6.43. The number of carbonyl (C=O) groups is 4. The fraction of sp³-hybridized carbons (Fsp3) is 0.667. The monoisotopic (exact) mass is 597 g/mol. The van der Waals surface area contributed by atoms with Gasteiger partial charge in [0.15, 0.2) is 11.5 Å². The van der Waals surface area contributed by atoms with Crippen LogP contribution in [0.25, 0.3) is 0 Å². The molecule has 0 aliphatic heterocycles. The molecule has 1 aromatic carbocycles. The highest BCUT2D eigenvalue weighted by molar-refractivity contribution is 5.75. The van der Waals surface area contributed by atoms with E-state index in [0.29, 0.717) is 30.7 Å². The van der Waals surface area contributed by atoms with Crippen LogP contribution >= 0.6 is 0 Å². The molecule has 0 spiro atoms. The number of nitrogens with two attached hydrogens (primary N) is 1. The van der Waals surface area contributed by atoms with Crippen LogP contribution in [0.3, 0.4) is 0 Å².